The fraction of sp³-hybridized carbons (Fsp3) is 0.440. The van der Waals surface area contributed by atoms with Gasteiger partial charge in [-0.2, -0.15) is 0 Å². The second-order valence-corrected chi connectivity index (χ2v) is 8.71. The van der Waals surface area contributed by atoms with Crippen LogP contribution in [0.15, 0.2) is 54.3 Å². The van der Waals surface area contributed by atoms with Crippen LogP contribution in [-0.4, -0.2) is 58.7 Å². The van der Waals surface area contributed by atoms with E-state index in [1.165, 1.54) is 16.7 Å². The molecule has 3 N–H and O–H groups in total. The first-order chi connectivity index (χ1) is 15.1. The maximum atomic E-state index is 9.40. The number of phenolic OH excluding ortho intramolecular Hbond substituents is 1. The molecule has 0 amide bonds. The minimum absolute atomic E-state index is 0.293. The number of phenols is 1. The standard InChI is InChI=1S/C25H33N5O/c1-18-3-6-21(15-22(18)17-30-14-13-26-19(2)16-30)24-10-12-28-25(29-24)27-11-9-20-4-7-23(31)8-5-20/h4-8,10,12,15,18-19,26,31H,3,9,11,13-14,16-17H2,1-2H3,(H,27,28,29)/t18?,19-/m0/s1. The number of nitrogens with one attached hydrogen (secondary N) is 2. The molecule has 1 aliphatic carbocycles. The van der Waals surface area contributed by atoms with E-state index in [-0.39, 0.29) is 0 Å². The van der Waals surface area contributed by atoms with E-state index < -0.39 is 0 Å². The molecule has 0 radical (unpaired) electrons. The van der Waals surface area contributed by atoms with Crippen molar-refractivity contribution in [2.45, 2.75) is 32.7 Å². The van der Waals surface area contributed by atoms with E-state index in [1.54, 1.807) is 12.1 Å². The summed E-state index contributed by atoms with van der Waals surface area (Å²) in [6.07, 6.45) is 8.37. The van der Waals surface area contributed by atoms with Gasteiger partial charge in [0.1, 0.15) is 5.75 Å². The van der Waals surface area contributed by atoms with Crippen LogP contribution < -0.4 is 10.6 Å². The molecular weight excluding hydrogens is 386 g/mol. The number of benzene rings is 1. The molecule has 4 rings (SSSR count). The number of anilines is 1. The molecule has 2 heterocycles. The Bertz CT molecular complexity index is 937. The SMILES string of the molecule is CC1CC=C(c2ccnc(NCCc3ccc(O)cc3)n2)C=C1CN1CCN[C@@H](C)C1. The molecule has 2 aliphatic rings. The molecule has 31 heavy (non-hydrogen) atoms. The minimum atomic E-state index is 0.293. The van der Waals surface area contributed by atoms with E-state index in [2.05, 4.69) is 46.5 Å². The Morgan fingerprint density at radius 2 is 2.03 bits per heavy atom. The maximum absolute atomic E-state index is 9.40. The van der Waals surface area contributed by atoms with Crippen molar-refractivity contribution in [3.63, 3.8) is 0 Å². The van der Waals surface area contributed by atoms with Crippen LogP contribution in [0.4, 0.5) is 5.95 Å². The van der Waals surface area contributed by atoms with Crippen molar-refractivity contribution in [3.05, 3.63) is 65.5 Å². The third-order valence-corrected chi connectivity index (χ3v) is 6.11. The number of nitrogens with zero attached hydrogens (tertiary/aromatic N) is 3. The zero-order valence-corrected chi connectivity index (χ0v) is 18.5. The van der Waals surface area contributed by atoms with Gasteiger partial charge in [0.05, 0.1) is 5.69 Å². The highest BCUT2D eigenvalue weighted by atomic mass is 16.3. The van der Waals surface area contributed by atoms with Crippen LogP contribution in [0.3, 0.4) is 0 Å². The lowest BCUT2D eigenvalue weighted by atomic mass is 9.88. The molecule has 6 heteroatoms. The van der Waals surface area contributed by atoms with Crippen molar-refractivity contribution >= 4 is 11.5 Å². The van der Waals surface area contributed by atoms with Gasteiger partial charge in [-0.15, -0.1) is 0 Å². The molecule has 6 nitrogen and oxygen atoms in total. The van der Waals surface area contributed by atoms with Crippen molar-refractivity contribution in [2.24, 2.45) is 5.92 Å². The summed E-state index contributed by atoms with van der Waals surface area (Å²) in [5.74, 6) is 1.52. The zero-order valence-electron chi connectivity index (χ0n) is 18.5. The van der Waals surface area contributed by atoms with Crippen LogP contribution in [0.5, 0.6) is 5.75 Å². The smallest absolute Gasteiger partial charge is 0.223 e. The van der Waals surface area contributed by atoms with Crippen LogP contribution >= 0.6 is 0 Å². The molecule has 0 bridgehead atoms. The summed E-state index contributed by atoms with van der Waals surface area (Å²) in [6, 6.07) is 9.86. The molecule has 164 valence electrons. The number of hydrogen-bond acceptors (Lipinski definition) is 6. The monoisotopic (exact) mass is 419 g/mol. The molecular formula is C25H33N5O. The van der Waals surface area contributed by atoms with E-state index in [9.17, 15) is 5.11 Å². The van der Waals surface area contributed by atoms with Crippen LogP contribution in [0.25, 0.3) is 5.57 Å². The number of hydrogen-bond donors (Lipinski definition) is 3. The molecule has 0 spiro atoms. The van der Waals surface area contributed by atoms with Gasteiger partial charge < -0.3 is 15.7 Å². The molecule has 1 unspecified atom stereocenters. The number of piperazine rings is 1. The quantitative estimate of drug-likeness (QED) is 0.638. The second kappa shape index (κ2) is 10.1. The van der Waals surface area contributed by atoms with Crippen molar-refractivity contribution in [1.29, 1.82) is 0 Å². The number of rotatable bonds is 7. The Morgan fingerprint density at radius 3 is 2.84 bits per heavy atom. The Kier molecular flexibility index (Phi) is 6.99. The highest BCUT2D eigenvalue weighted by Gasteiger charge is 2.21. The van der Waals surface area contributed by atoms with E-state index in [4.69, 9.17) is 4.98 Å². The van der Waals surface area contributed by atoms with Crippen molar-refractivity contribution in [1.82, 2.24) is 20.2 Å². The van der Waals surface area contributed by atoms with E-state index in [0.29, 0.717) is 23.7 Å². The number of aromatic hydroxyl groups is 1. The first kappa shape index (κ1) is 21.5. The molecule has 1 fully saturated rings. The molecule has 1 saturated heterocycles. The Labute approximate surface area is 185 Å². The average Bonchev–Trinajstić information content (AvgIpc) is 2.77. The topological polar surface area (TPSA) is 73.3 Å². The van der Waals surface area contributed by atoms with Gasteiger partial charge in [-0.25, -0.2) is 9.97 Å². The second-order valence-electron chi connectivity index (χ2n) is 8.71. The van der Waals surface area contributed by atoms with Crippen LogP contribution in [-0.2, 0) is 6.42 Å². The highest BCUT2D eigenvalue weighted by Crippen LogP contribution is 2.29. The Balaban J connectivity index is 1.39. The van der Waals surface area contributed by atoms with Gasteiger partial charge in [0.2, 0.25) is 5.95 Å². The summed E-state index contributed by atoms with van der Waals surface area (Å²) in [5, 5.41) is 16.3. The summed E-state index contributed by atoms with van der Waals surface area (Å²) < 4.78 is 0. The fourth-order valence-corrected chi connectivity index (χ4v) is 4.24. The van der Waals surface area contributed by atoms with Gasteiger partial charge in [0, 0.05) is 45.0 Å². The van der Waals surface area contributed by atoms with Crippen molar-refractivity contribution < 1.29 is 5.11 Å². The number of allylic oxidation sites excluding steroid dienone is 3. The predicted octanol–water partition coefficient (Wildman–Crippen LogP) is 3.48. The van der Waals surface area contributed by atoms with E-state index >= 15 is 0 Å². The van der Waals surface area contributed by atoms with E-state index in [0.717, 1.165) is 51.3 Å². The first-order valence-corrected chi connectivity index (χ1v) is 11.3. The predicted molar refractivity (Wildman–Crippen MR) is 126 cm³/mol. The van der Waals surface area contributed by atoms with Crippen molar-refractivity contribution in [3.8, 4) is 5.75 Å². The van der Waals surface area contributed by atoms with Gasteiger partial charge in [-0.1, -0.05) is 36.8 Å². The summed E-state index contributed by atoms with van der Waals surface area (Å²) in [6.45, 7) is 9.63. The Morgan fingerprint density at radius 1 is 1.19 bits per heavy atom. The number of aromatic nitrogens is 2. The fourth-order valence-electron chi connectivity index (χ4n) is 4.24. The highest BCUT2D eigenvalue weighted by molar-refractivity contribution is 5.74. The van der Waals surface area contributed by atoms with Gasteiger partial charge in [-0.05, 0) is 55.0 Å². The molecule has 2 aromatic rings. The maximum Gasteiger partial charge on any atom is 0.223 e. The van der Waals surface area contributed by atoms with Gasteiger partial charge >= 0.3 is 0 Å². The van der Waals surface area contributed by atoms with Crippen molar-refractivity contribution in [2.75, 3.05) is 38.0 Å². The minimum Gasteiger partial charge on any atom is -0.508 e. The third kappa shape index (κ3) is 5.93. The largest absolute Gasteiger partial charge is 0.508 e. The summed E-state index contributed by atoms with van der Waals surface area (Å²) in [7, 11) is 0. The third-order valence-electron chi connectivity index (χ3n) is 6.11. The zero-order chi connectivity index (χ0) is 21.6. The molecule has 0 saturated carbocycles. The Hall–Kier alpha value is -2.70. The lowest BCUT2D eigenvalue weighted by Crippen LogP contribution is -2.49. The molecule has 1 aromatic heterocycles. The molecule has 1 aliphatic heterocycles. The normalized spacial score (nSPS) is 22.0. The van der Waals surface area contributed by atoms with Crippen LogP contribution in [0.1, 0.15) is 31.5 Å². The summed E-state index contributed by atoms with van der Waals surface area (Å²) in [5.41, 5.74) is 4.83. The van der Waals surface area contributed by atoms with Crippen LogP contribution in [0.2, 0.25) is 0 Å². The molecule has 1 aromatic carbocycles. The lowest BCUT2D eigenvalue weighted by Gasteiger charge is -2.34. The van der Waals surface area contributed by atoms with Gasteiger partial charge in [0.25, 0.3) is 0 Å². The summed E-state index contributed by atoms with van der Waals surface area (Å²) in [4.78, 5) is 11.7. The average molecular weight is 420 g/mol. The van der Waals surface area contributed by atoms with Crippen LogP contribution in [0, 0.1) is 5.92 Å². The summed E-state index contributed by atoms with van der Waals surface area (Å²) >= 11 is 0. The molecule has 2 atom stereocenters. The van der Waals surface area contributed by atoms with E-state index in [1.807, 2.05) is 24.4 Å². The van der Waals surface area contributed by atoms with Gasteiger partial charge in [-0.3, -0.25) is 4.90 Å². The lowest BCUT2D eigenvalue weighted by molar-refractivity contribution is 0.217. The van der Waals surface area contributed by atoms with Gasteiger partial charge in [0.15, 0.2) is 0 Å². The first-order valence-electron chi connectivity index (χ1n) is 11.3.